The summed E-state index contributed by atoms with van der Waals surface area (Å²) in [6.07, 6.45) is 1.27. The standard InChI is InChI=1S/C12H16O3/c1-3-11(8-13)15-9-10-5-4-6-12(7-10)14-2/h3-7,11,13H,1,8-9H2,2H3. The number of ether oxygens (including phenoxy) is 2. The lowest BCUT2D eigenvalue weighted by atomic mass is 10.2. The van der Waals surface area contributed by atoms with Gasteiger partial charge >= 0.3 is 0 Å². The quantitative estimate of drug-likeness (QED) is 0.724. The summed E-state index contributed by atoms with van der Waals surface area (Å²) in [6.45, 7) is 3.96. The first kappa shape index (κ1) is 11.8. The van der Waals surface area contributed by atoms with Crippen LogP contribution in [0.3, 0.4) is 0 Å². The SMILES string of the molecule is C=CC(CO)OCc1cccc(OC)c1. The molecular weight excluding hydrogens is 192 g/mol. The summed E-state index contributed by atoms with van der Waals surface area (Å²) in [5.74, 6) is 0.801. The third-order valence-corrected chi connectivity index (χ3v) is 2.04. The maximum absolute atomic E-state index is 8.88. The molecule has 0 heterocycles. The van der Waals surface area contributed by atoms with Crippen molar-refractivity contribution in [2.75, 3.05) is 13.7 Å². The third kappa shape index (κ3) is 3.73. The van der Waals surface area contributed by atoms with Crippen LogP contribution >= 0.6 is 0 Å². The van der Waals surface area contributed by atoms with Gasteiger partial charge in [-0.3, -0.25) is 0 Å². The van der Waals surface area contributed by atoms with Gasteiger partial charge in [0.15, 0.2) is 0 Å². The second-order valence-corrected chi connectivity index (χ2v) is 3.12. The van der Waals surface area contributed by atoms with E-state index in [0.717, 1.165) is 11.3 Å². The second-order valence-electron chi connectivity index (χ2n) is 3.12. The lowest BCUT2D eigenvalue weighted by molar-refractivity contribution is 0.0323. The Balaban J connectivity index is 2.52. The molecule has 3 nitrogen and oxygen atoms in total. The summed E-state index contributed by atoms with van der Waals surface area (Å²) in [7, 11) is 1.63. The van der Waals surface area contributed by atoms with Crippen molar-refractivity contribution in [1.29, 1.82) is 0 Å². The van der Waals surface area contributed by atoms with E-state index in [0.29, 0.717) is 6.61 Å². The molecule has 0 aliphatic carbocycles. The van der Waals surface area contributed by atoms with Crippen molar-refractivity contribution >= 4 is 0 Å². The summed E-state index contributed by atoms with van der Waals surface area (Å²) in [5, 5.41) is 8.88. The molecule has 15 heavy (non-hydrogen) atoms. The van der Waals surface area contributed by atoms with E-state index < -0.39 is 0 Å². The molecule has 3 heteroatoms. The highest BCUT2D eigenvalue weighted by Crippen LogP contribution is 2.13. The van der Waals surface area contributed by atoms with Crippen LogP contribution < -0.4 is 4.74 Å². The van der Waals surface area contributed by atoms with Crippen LogP contribution in [-0.2, 0) is 11.3 Å². The van der Waals surface area contributed by atoms with Gasteiger partial charge < -0.3 is 14.6 Å². The van der Waals surface area contributed by atoms with Crippen molar-refractivity contribution in [3.8, 4) is 5.75 Å². The van der Waals surface area contributed by atoms with E-state index in [-0.39, 0.29) is 12.7 Å². The second kappa shape index (κ2) is 6.22. The van der Waals surface area contributed by atoms with Crippen LogP contribution in [-0.4, -0.2) is 24.9 Å². The molecule has 1 aromatic rings. The first-order valence-corrected chi connectivity index (χ1v) is 4.78. The van der Waals surface area contributed by atoms with Crippen LogP contribution in [0.25, 0.3) is 0 Å². The van der Waals surface area contributed by atoms with Gasteiger partial charge in [-0.25, -0.2) is 0 Å². The fourth-order valence-electron chi connectivity index (χ4n) is 1.16. The minimum Gasteiger partial charge on any atom is -0.497 e. The van der Waals surface area contributed by atoms with Crippen LogP contribution in [0, 0.1) is 0 Å². The molecule has 1 unspecified atom stereocenters. The Bertz CT molecular complexity index is 309. The van der Waals surface area contributed by atoms with Crippen LogP contribution in [0.5, 0.6) is 5.75 Å². The first-order chi connectivity index (χ1) is 7.30. The van der Waals surface area contributed by atoms with E-state index in [2.05, 4.69) is 6.58 Å². The van der Waals surface area contributed by atoms with Crippen LogP contribution in [0.1, 0.15) is 5.56 Å². The Hall–Kier alpha value is -1.32. The Morgan fingerprint density at radius 1 is 1.53 bits per heavy atom. The van der Waals surface area contributed by atoms with Crippen molar-refractivity contribution < 1.29 is 14.6 Å². The summed E-state index contributed by atoms with van der Waals surface area (Å²) in [4.78, 5) is 0. The lowest BCUT2D eigenvalue weighted by Gasteiger charge is -2.11. The number of methoxy groups -OCH3 is 1. The van der Waals surface area contributed by atoms with Gasteiger partial charge in [-0.15, -0.1) is 6.58 Å². The zero-order valence-electron chi connectivity index (χ0n) is 8.85. The van der Waals surface area contributed by atoms with Crippen molar-refractivity contribution in [3.63, 3.8) is 0 Å². The average Bonchev–Trinajstić information content (AvgIpc) is 2.31. The molecule has 0 fully saturated rings. The zero-order valence-corrected chi connectivity index (χ0v) is 8.85. The molecule has 0 saturated heterocycles. The predicted octanol–water partition coefficient (Wildman–Crippen LogP) is 1.76. The Kier molecular flexibility index (Phi) is 4.87. The molecule has 82 valence electrons. The van der Waals surface area contributed by atoms with E-state index in [4.69, 9.17) is 14.6 Å². The monoisotopic (exact) mass is 208 g/mol. The highest BCUT2D eigenvalue weighted by Gasteiger charge is 2.02. The van der Waals surface area contributed by atoms with Crippen LogP contribution in [0.2, 0.25) is 0 Å². The molecule has 1 N–H and O–H groups in total. The van der Waals surface area contributed by atoms with Gasteiger partial charge in [-0.2, -0.15) is 0 Å². The highest BCUT2D eigenvalue weighted by atomic mass is 16.5. The molecule has 0 bridgehead atoms. The number of hydrogen-bond donors (Lipinski definition) is 1. The Morgan fingerprint density at radius 3 is 2.93 bits per heavy atom. The number of aliphatic hydroxyl groups excluding tert-OH is 1. The van der Waals surface area contributed by atoms with Crippen LogP contribution in [0.4, 0.5) is 0 Å². The Labute approximate surface area is 90.0 Å². The molecule has 1 aromatic carbocycles. The predicted molar refractivity (Wildman–Crippen MR) is 58.9 cm³/mol. The molecule has 1 rings (SSSR count). The van der Waals surface area contributed by atoms with Crippen molar-refractivity contribution in [2.45, 2.75) is 12.7 Å². The van der Waals surface area contributed by atoms with Gasteiger partial charge in [0.2, 0.25) is 0 Å². The highest BCUT2D eigenvalue weighted by molar-refractivity contribution is 5.27. The van der Waals surface area contributed by atoms with E-state index in [1.807, 2.05) is 24.3 Å². The molecule has 0 aromatic heterocycles. The number of rotatable bonds is 6. The van der Waals surface area contributed by atoms with E-state index in [9.17, 15) is 0 Å². The maximum atomic E-state index is 8.88. The van der Waals surface area contributed by atoms with Gasteiger partial charge in [0.05, 0.1) is 26.4 Å². The topological polar surface area (TPSA) is 38.7 Å². The Morgan fingerprint density at radius 2 is 2.33 bits per heavy atom. The smallest absolute Gasteiger partial charge is 0.119 e. The minimum atomic E-state index is -0.309. The van der Waals surface area contributed by atoms with Crippen molar-refractivity contribution in [3.05, 3.63) is 42.5 Å². The van der Waals surface area contributed by atoms with Gasteiger partial charge in [0, 0.05) is 0 Å². The van der Waals surface area contributed by atoms with Gasteiger partial charge in [0.1, 0.15) is 5.75 Å². The van der Waals surface area contributed by atoms with E-state index in [1.54, 1.807) is 13.2 Å². The first-order valence-electron chi connectivity index (χ1n) is 4.78. The maximum Gasteiger partial charge on any atom is 0.119 e. The summed E-state index contributed by atoms with van der Waals surface area (Å²) in [5.41, 5.74) is 1.01. The normalized spacial score (nSPS) is 12.1. The fourth-order valence-corrected chi connectivity index (χ4v) is 1.16. The average molecular weight is 208 g/mol. The molecule has 0 saturated carbocycles. The minimum absolute atomic E-state index is 0.0481. The van der Waals surface area contributed by atoms with Crippen molar-refractivity contribution in [2.24, 2.45) is 0 Å². The van der Waals surface area contributed by atoms with Gasteiger partial charge in [-0.05, 0) is 17.7 Å². The largest absolute Gasteiger partial charge is 0.497 e. The summed E-state index contributed by atoms with van der Waals surface area (Å²) >= 11 is 0. The van der Waals surface area contributed by atoms with Crippen LogP contribution in [0.15, 0.2) is 36.9 Å². The van der Waals surface area contributed by atoms with E-state index in [1.165, 1.54) is 0 Å². The molecule has 0 spiro atoms. The molecule has 1 atom stereocenters. The number of aliphatic hydroxyl groups is 1. The summed E-state index contributed by atoms with van der Waals surface area (Å²) < 4.78 is 10.5. The third-order valence-electron chi connectivity index (χ3n) is 2.04. The molecule has 0 radical (unpaired) electrons. The molecular formula is C12H16O3. The summed E-state index contributed by atoms with van der Waals surface area (Å²) in [6, 6.07) is 7.62. The van der Waals surface area contributed by atoms with Gasteiger partial charge in [-0.1, -0.05) is 18.2 Å². The van der Waals surface area contributed by atoms with E-state index >= 15 is 0 Å². The van der Waals surface area contributed by atoms with Crippen molar-refractivity contribution in [1.82, 2.24) is 0 Å². The van der Waals surface area contributed by atoms with Gasteiger partial charge in [0.25, 0.3) is 0 Å². The number of hydrogen-bond acceptors (Lipinski definition) is 3. The number of benzene rings is 1. The lowest BCUT2D eigenvalue weighted by Crippen LogP contribution is -2.13. The molecule has 0 amide bonds. The molecule has 0 aliphatic heterocycles. The fraction of sp³-hybridized carbons (Fsp3) is 0.333. The molecule has 0 aliphatic rings. The zero-order chi connectivity index (χ0) is 11.1.